The minimum Gasteiger partial charge on any atom is -0.391 e. The van der Waals surface area contributed by atoms with E-state index in [0.717, 1.165) is 9.13 Å². The van der Waals surface area contributed by atoms with E-state index in [-0.39, 0.29) is 12.3 Å². The van der Waals surface area contributed by atoms with Crippen molar-refractivity contribution < 1.29 is 4.84 Å². The lowest BCUT2D eigenvalue weighted by Gasteiger charge is -2.09. The molecule has 0 fully saturated rings. The number of tetrazole rings is 1. The highest BCUT2D eigenvalue weighted by atomic mass is 127. The van der Waals surface area contributed by atoms with Crippen LogP contribution in [-0.4, -0.2) is 26.0 Å². The normalized spacial score (nSPS) is 11.1. The lowest BCUT2D eigenvalue weighted by Crippen LogP contribution is -2.23. The van der Waals surface area contributed by atoms with Crippen LogP contribution in [0.3, 0.4) is 0 Å². The first-order valence-corrected chi connectivity index (χ1v) is 6.59. The monoisotopic (exact) mass is 373 g/mol. The van der Waals surface area contributed by atoms with Gasteiger partial charge in [0.05, 0.1) is 5.69 Å². The maximum atomic E-state index is 11.9. The lowest BCUT2D eigenvalue weighted by molar-refractivity contribution is 0.131. The first-order valence-electron chi connectivity index (χ1n) is 5.52. The number of hydrogen-bond acceptors (Lipinski definition) is 5. The van der Waals surface area contributed by atoms with Gasteiger partial charge in [-0.05, 0) is 52.1 Å². The molecule has 0 unspecified atom stereocenters. The summed E-state index contributed by atoms with van der Waals surface area (Å²) in [5, 5.41) is 11.3. The predicted octanol–water partition coefficient (Wildman–Crippen LogP) is 1.09. The molecule has 8 heteroatoms. The van der Waals surface area contributed by atoms with Gasteiger partial charge in [0, 0.05) is 22.4 Å². The molecule has 0 N–H and O–H groups in total. The molecule has 0 saturated carbocycles. The Kier molecular flexibility index (Phi) is 4.30. The molecule has 0 spiro atoms. The van der Waals surface area contributed by atoms with E-state index in [1.165, 1.54) is 9.36 Å². The summed E-state index contributed by atoms with van der Waals surface area (Å²) in [5.74, 6) is 0. The molecule has 2 aromatic rings. The molecule has 1 heterocycles. The second kappa shape index (κ2) is 5.95. The fraction of sp³-hybridized carbons (Fsp3) is 0.273. The van der Waals surface area contributed by atoms with Crippen LogP contribution in [0.4, 0.5) is 0 Å². The summed E-state index contributed by atoms with van der Waals surface area (Å²) in [4.78, 5) is 17.0. The highest BCUT2D eigenvalue weighted by molar-refractivity contribution is 14.1. The molecule has 0 aliphatic heterocycles. The Morgan fingerprint density at radius 1 is 1.47 bits per heavy atom. The van der Waals surface area contributed by atoms with Gasteiger partial charge in [-0.3, -0.25) is 0 Å². The molecule has 1 aromatic heterocycles. The number of benzene rings is 1. The molecule has 0 radical (unpaired) electrons. The Bertz CT molecular complexity index is 661. The number of aromatic nitrogens is 4. The molecule has 7 nitrogen and oxygen atoms in total. The average Bonchev–Trinajstić information content (AvgIpc) is 2.72. The Labute approximate surface area is 123 Å². The molecule has 0 amide bonds. The van der Waals surface area contributed by atoms with Crippen molar-refractivity contribution in [3.05, 3.63) is 37.8 Å². The summed E-state index contributed by atoms with van der Waals surface area (Å²) < 4.78 is 3.39. The first kappa shape index (κ1) is 13.7. The third kappa shape index (κ3) is 2.83. The van der Waals surface area contributed by atoms with Crippen molar-refractivity contribution in [2.24, 2.45) is 12.2 Å². The van der Waals surface area contributed by atoms with Crippen LogP contribution >= 0.6 is 22.6 Å². The van der Waals surface area contributed by atoms with Gasteiger partial charge in [-0.15, -0.1) is 0 Å². The molecule has 0 bridgehead atoms. The fourth-order valence-corrected chi connectivity index (χ4v) is 2.17. The van der Waals surface area contributed by atoms with Crippen LogP contribution in [0.15, 0.2) is 28.1 Å². The van der Waals surface area contributed by atoms with E-state index in [0.29, 0.717) is 5.69 Å². The van der Waals surface area contributed by atoms with Crippen LogP contribution < -0.4 is 5.69 Å². The van der Waals surface area contributed by atoms with Crippen LogP contribution in [0.2, 0.25) is 0 Å². The third-order valence-corrected chi connectivity index (χ3v) is 3.44. The highest BCUT2D eigenvalue weighted by Gasteiger charge is 2.13. The smallest absolute Gasteiger partial charge is 0.368 e. The van der Waals surface area contributed by atoms with Crippen molar-refractivity contribution in [3.8, 4) is 5.69 Å². The van der Waals surface area contributed by atoms with Gasteiger partial charge < -0.3 is 4.84 Å². The van der Waals surface area contributed by atoms with Crippen LogP contribution in [0.5, 0.6) is 0 Å². The standard InChI is InChI=1S/C11H12IN5O2/c1-3-13-19-7-8-9(12)5-4-6-10(8)17-11(18)16(2)14-15-17/h3-6H,7H2,1-2H3. The zero-order valence-corrected chi connectivity index (χ0v) is 12.6. The summed E-state index contributed by atoms with van der Waals surface area (Å²) in [6.45, 7) is 2.03. The van der Waals surface area contributed by atoms with Crippen LogP contribution in [-0.2, 0) is 18.5 Å². The maximum Gasteiger partial charge on any atom is 0.368 e. The van der Waals surface area contributed by atoms with Gasteiger partial charge in [0.15, 0.2) is 0 Å². The second-order valence-corrected chi connectivity index (χ2v) is 4.83. The van der Waals surface area contributed by atoms with Gasteiger partial charge in [0.25, 0.3) is 0 Å². The Morgan fingerprint density at radius 2 is 2.26 bits per heavy atom. The third-order valence-electron chi connectivity index (χ3n) is 2.43. The molecule has 0 atom stereocenters. The molecular formula is C11H12IN5O2. The van der Waals surface area contributed by atoms with Gasteiger partial charge in [0.2, 0.25) is 0 Å². The summed E-state index contributed by atoms with van der Waals surface area (Å²) in [6, 6.07) is 5.58. The topological polar surface area (TPSA) is 74.3 Å². The van der Waals surface area contributed by atoms with Gasteiger partial charge in [-0.2, -0.15) is 9.36 Å². The Balaban J connectivity index is 2.48. The van der Waals surface area contributed by atoms with E-state index >= 15 is 0 Å². The predicted molar refractivity (Wildman–Crippen MR) is 78.3 cm³/mol. The van der Waals surface area contributed by atoms with Crippen molar-refractivity contribution >= 4 is 28.8 Å². The van der Waals surface area contributed by atoms with E-state index in [9.17, 15) is 4.79 Å². The molecule has 0 aliphatic carbocycles. The summed E-state index contributed by atoms with van der Waals surface area (Å²) >= 11 is 2.18. The second-order valence-electron chi connectivity index (χ2n) is 3.67. The number of nitrogens with zero attached hydrogens (tertiary/aromatic N) is 5. The van der Waals surface area contributed by atoms with Crippen LogP contribution in [0, 0.1) is 3.57 Å². The van der Waals surface area contributed by atoms with E-state index in [2.05, 4.69) is 38.2 Å². The van der Waals surface area contributed by atoms with Crippen molar-refractivity contribution in [2.45, 2.75) is 13.5 Å². The molecule has 2 rings (SSSR count). The average molecular weight is 373 g/mol. The molecule has 0 saturated heterocycles. The SMILES string of the molecule is CC=NOCc1c(I)cccc1-n1nnn(C)c1=O. The van der Waals surface area contributed by atoms with E-state index in [1.807, 2.05) is 12.1 Å². The van der Waals surface area contributed by atoms with Crippen molar-refractivity contribution in [1.29, 1.82) is 0 Å². The largest absolute Gasteiger partial charge is 0.391 e. The number of oxime groups is 1. The minimum absolute atomic E-state index is 0.266. The minimum atomic E-state index is -0.303. The fourth-order valence-electron chi connectivity index (χ4n) is 1.53. The maximum absolute atomic E-state index is 11.9. The lowest BCUT2D eigenvalue weighted by atomic mass is 10.2. The zero-order chi connectivity index (χ0) is 13.8. The molecule has 0 aliphatic rings. The zero-order valence-electron chi connectivity index (χ0n) is 10.4. The summed E-state index contributed by atoms with van der Waals surface area (Å²) in [5.41, 5.74) is 1.19. The quantitative estimate of drug-likeness (QED) is 0.457. The molecule has 19 heavy (non-hydrogen) atoms. The van der Waals surface area contributed by atoms with Gasteiger partial charge in [0.1, 0.15) is 6.61 Å². The summed E-state index contributed by atoms with van der Waals surface area (Å²) in [7, 11) is 1.55. The molecular weight excluding hydrogens is 361 g/mol. The van der Waals surface area contributed by atoms with Gasteiger partial charge in [-0.1, -0.05) is 11.2 Å². The number of rotatable bonds is 4. The van der Waals surface area contributed by atoms with Crippen LogP contribution in [0.1, 0.15) is 12.5 Å². The number of hydrogen-bond donors (Lipinski definition) is 0. The Hall–Kier alpha value is -1.71. The number of aryl methyl sites for hydroxylation is 1. The summed E-state index contributed by atoms with van der Waals surface area (Å²) in [6.07, 6.45) is 1.56. The van der Waals surface area contributed by atoms with Crippen molar-refractivity contribution in [3.63, 3.8) is 0 Å². The number of halogens is 1. The van der Waals surface area contributed by atoms with E-state index < -0.39 is 0 Å². The molecule has 1 aromatic carbocycles. The first-order chi connectivity index (χ1) is 9.15. The van der Waals surface area contributed by atoms with E-state index in [1.54, 1.807) is 26.3 Å². The highest BCUT2D eigenvalue weighted by Crippen LogP contribution is 2.20. The molecule has 100 valence electrons. The van der Waals surface area contributed by atoms with E-state index in [4.69, 9.17) is 4.84 Å². The van der Waals surface area contributed by atoms with Gasteiger partial charge >= 0.3 is 5.69 Å². The Morgan fingerprint density at radius 3 is 2.89 bits per heavy atom. The van der Waals surface area contributed by atoms with Crippen molar-refractivity contribution in [2.75, 3.05) is 0 Å². The van der Waals surface area contributed by atoms with Crippen molar-refractivity contribution in [1.82, 2.24) is 19.8 Å². The van der Waals surface area contributed by atoms with Gasteiger partial charge in [-0.25, -0.2) is 4.79 Å². The van der Waals surface area contributed by atoms with Crippen LogP contribution in [0.25, 0.3) is 5.69 Å².